The van der Waals surface area contributed by atoms with Gasteiger partial charge < -0.3 is 0 Å². The second-order valence-electron chi connectivity index (χ2n) is 2.53. The zero-order valence-corrected chi connectivity index (χ0v) is 6.89. The van der Waals surface area contributed by atoms with E-state index < -0.39 is 0 Å². The molecular weight excluding hydrogens is 134 g/mol. The number of aromatic nitrogens is 1. The van der Waals surface area contributed by atoms with E-state index in [1.165, 1.54) is 5.56 Å². The number of hydrogen-bond donors (Lipinski definition) is 0. The zero-order valence-electron chi connectivity index (χ0n) is 6.89. The van der Waals surface area contributed by atoms with Crippen molar-refractivity contribution in [1.29, 1.82) is 0 Å². The number of pyridine rings is 1. The predicted molar refractivity (Wildman–Crippen MR) is 47.3 cm³/mol. The summed E-state index contributed by atoms with van der Waals surface area (Å²) in [5.74, 6) is 0. The normalized spacial score (nSPS) is 8.91. The lowest BCUT2D eigenvalue weighted by Crippen LogP contribution is -1.85. The molecule has 0 saturated heterocycles. The summed E-state index contributed by atoms with van der Waals surface area (Å²) in [6.07, 6.45) is 3.67. The van der Waals surface area contributed by atoms with Gasteiger partial charge in [0.05, 0.1) is 0 Å². The summed E-state index contributed by atoms with van der Waals surface area (Å²) in [5, 5.41) is 0. The maximum Gasteiger partial charge on any atom is 0.0375 e. The van der Waals surface area contributed by atoms with Gasteiger partial charge >= 0.3 is 0 Å². The lowest BCUT2D eigenvalue weighted by Gasteiger charge is -1.98. The van der Waals surface area contributed by atoms with Crippen LogP contribution in [0, 0.1) is 13.8 Å². The third-order valence-corrected chi connectivity index (χ3v) is 1.55. The van der Waals surface area contributed by atoms with Crippen LogP contribution in [0.25, 0.3) is 6.08 Å². The third kappa shape index (κ3) is 1.79. The van der Waals surface area contributed by atoms with E-state index in [2.05, 4.69) is 24.2 Å². The molecule has 0 fully saturated rings. The van der Waals surface area contributed by atoms with Crippen molar-refractivity contribution in [3.63, 3.8) is 0 Å². The van der Waals surface area contributed by atoms with Gasteiger partial charge in [-0.1, -0.05) is 6.58 Å². The first kappa shape index (κ1) is 7.77. The molecule has 1 heteroatoms. The third-order valence-electron chi connectivity index (χ3n) is 1.55. The minimum Gasteiger partial charge on any atom is -0.261 e. The zero-order chi connectivity index (χ0) is 8.27. The van der Waals surface area contributed by atoms with E-state index in [9.17, 15) is 0 Å². The molecule has 0 unspecified atom stereocenters. The Kier molecular flexibility index (Phi) is 2.25. The van der Waals surface area contributed by atoms with E-state index in [1.54, 1.807) is 0 Å². The van der Waals surface area contributed by atoms with Crippen molar-refractivity contribution in [2.24, 2.45) is 0 Å². The number of nitrogens with zero attached hydrogens (tertiary/aromatic N) is 1. The lowest BCUT2D eigenvalue weighted by molar-refractivity contribution is 1.17. The predicted octanol–water partition coefficient (Wildman–Crippen LogP) is 2.50. The Morgan fingerprint density at radius 2 is 2.27 bits per heavy atom. The van der Waals surface area contributed by atoms with E-state index in [0.29, 0.717) is 0 Å². The highest BCUT2D eigenvalue weighted by Gasteiger charge is 1.93. The molecule has 1 heterocycles. The van der Waals surface area contributed by atoms with Gasteiger partial charge in [-0.25, -0.2) is 0 Å². The van der Waals surface area contributed by atoms with Crippen LogP contribution in [0.5, 0.6) is 0 Å². The van der Waals surface area contributed by atoms with Crippen LogP contribution in [-0.2, 0) is 0 Å². The van der Waals surface area contributed by atoms with Crippen molar-refractivity contribution in [3.8, 4) is 0 Å². The largest absolute Gasteiger partial charge is 0.261 e. The molecule has 11 heavy (non-hydrogen) atoms. The Bertz CT molecular complexity index is 307. The van der Waals surface area contributed by atoms with E-state index in [0.717, 1.165) is 11.3 Å². The molecule has 1 rings (SSSR count). The van der Waals surface area contributed by atoms with Crippen LogP contribution in [0.4, 0.5) is 0 Å². The molecule has 1 nitrogen and oxygen atoms in total. The summed E-state index contributed by atoms with van der Waals surface area (Å²) in [6, 6.07) is 2.04. The molecule has 0 radical (unpaired) electrons. The lowest BCUT2D eigenvalue weighted by atomic mass is 10.1. The summed E-state index contributed by atoms with van der Waals surface area (Å²) < 4.78 is 0. The Morgan fingerprint density at radius 1 is 1.55 bits per heavy atom. The van der Waals surface area contributed by atoms with Crippen molar-refractivity contribution >= 4 is 6.08 Å². The topological polar surface area (TPSA) is 12.9 Å². The molecule has 0 aliphatic carbocycles. The second kappa shape index (κ2) is 3.18. The monoisotopic (exact) mass is 145 g/mol. The minimum atomic E-state index is 1.05. The first-order valence-corrected chi connectivity index (χ1v) is 3.53. The highest BCUT2D eigenvalue weighted by molar-refractivity contribution is 5.51. The minimum absolute atomic E-state index is 1.05. The van der Waals surface area contributed by atoms with Crippen molar-refractivity contribution in [2.45, 2.75) is 13.8 Å². The summed E-state index contributed by atoms with van der Waals surface area (Å²) in [7, 11) is 0. The fourth-order valence-corrected chi connectivity index (χ4v) is 0.968. The van der Waals surface area contributed by atoms with Gasteiger partial charge in [0.15, 0.2) is 0 Å². The Balaban J connectivity index is 3.19. The number of hydrogen-bond acceptors (Lipinski definition) is 1. The molecule has 0 atom stereocenters. The van der Waals surface area contributed by atoms with Crippen molar-refractivity contribution < 1.29 is 0 Å². The quantitative estimate of drug-likeness (QED) is 0.553. The van der Waals surface area contributed by atoms with Crippen LogP contribution >= 0.6 is 0 Å². The Morgan fingerprint density at radius 3 is 2.82 bits per heavy atom. The maximum absolute atomic E-state index is 4.16. The van der Waals surface area contributed by atoms with Crippen LogP contribution < -0.4 is 0 Å². The van der Waals surface area contributed by atoms with Crippen LogP contribution in [0.2, 0.25) is 0 Å². The van der Waals surface area contributed by atoms with Gasteiger partial charge in [0, 0.05) is 17.5 Å². The summed E-state index contributed by atoms with van der Waals surface area (Å²) in [4.78, 5) is 4.16. The highest BCUT2D eigenvalue weighted by Crippen LogP contribution is 2.08. The maximum atomic E-state index is 4.16. The van der Waals surface area contributed by atoms with Gasteiger partial charge in [-0.15, -0.1) is 5.73 Å². The molecule has 0 saturated carbocycles. The molecule has 0 spiro atoms. The van der Waals surface area contributed by atoms with Crippen molar-refractivity contribution in [1.82, 2.24) is 4.98 Å². The second-order valence-corrected chi connectivity index (χ2v) is 2.53. The van der Waals surface area contributed by atoms with Gasteiger partial charge in [0.2, 0.25) is 0 Å². The smallest absolute Gasteiger partial charge is 0.0375 e. The Hall–Kier alpha value is -1.33. The van der Waals surface area contributed by atoms with E-state index in [1.807, 2.05) is 25.3 Å². The fraction of sp³-hybridized carbons (Fsp3) is 0.200. The first-order chi connectivity index (χ1) is 5.24. The van der Waals surface area contributed by atoms with Crippen LogP contribution in [0.15, 0.2) is 24.6 Å². The molecule has 0 bridgehead atoms. The van der Waals surface area contributed by atoms with Gasteiger partial charge in [-0.2, -0.15) is 0 Å². The van der Waals surface area contributed by atoms with E-state index >= 15 is 0 Å². The molecule has 1 aromatic rings. The Labute approximate surface area is 67.1 Å². The first-order valence-electron chi connectivity index (χ1n) is 3.53. The molecule has 0 amide bonds. The van der Waals surface area contributed by atoms with Crippen LogP contribution in [0.3, 0.4) is 0 Å². The van der Waals surface area contributed by atoms with E-state index in [-0.39, 0.29) is 0 Å². The highest BCUT2D eigenvalue weighted by atomic mass is 14.7. The van der Waals surface area contributed by atoms with Gasteiger partial charge in [-0.05, 0) is 31.6 Å². The summed E-state index contributed by atoms with van der Waals surface area (Å²) >= 11 is 0. The van der Waals surface area contributed by atoms with Crippen LogP contribution in [-0.4, -0.2) is 4.98 Å². The molecule has 0 aliphatic heterocycles. The average molecular weight is 145 g/mol. The number of rotatable bonds is 1. The molecule has 56 valence electrons. The van der Waals surface area contributed by atoms with Crippen molar-refractivity contribution in [2.75, 3.05) is 0 Å². The van der Waals surface area contributed by atoms with Crippen LogP contribution in [0.1, 0.15) is 16.8 Å². The van der Waals surface area contributed by atoms with Gasteiger partial charge in [-0.3, -0.25) is 4.98 Å². The van der Waals surface area contributed by atoms with E-state index in [4.69, 9.17) is 0 Å². The van der Waals surface area contributed by atoms with Gasteiger partial charge in [0.1, 0.15) is 0 Å². The molecule has 0 aromatic carbocycles. The average Bonchev–Trinajstić information content (AvgIpc) is 1.95. The summed E-state index contributed by atoms with van der Waals surface area (Å²) in [5.41, 5.74) is 6.08. The molecule has 0 aliphatic rings. The SMILES string of the molecule is C=C=Cc1cnc(C)cc1C. The fourth-order valence-electron chi connectivity index (χ4n) is 0.968. The standard InChI is InChI=1S/C10H11N/c1-4-5-10-7-11-9(3)6-8(10)2/h5-7H,1H2,2-3H3. The van der Waals surface area contributed by atoms with Crippen molar-refractivity contribution in [3.05, 3.63) is 41.4 Å². The molecule has 1 aromatic heterocycles. The summed E-state index contributed by atoms with van der Waals surface area (Å²) in [6.45, 7) is 7.55. The van der Waals surface area contributed by atoms with Gasteiger partial charge in [0.25, 0.3) is 0 Å². The number of aryl methyl sites for hydroxylation is 2. The molecular formula is C10H11N. The molecule has 0 N–H and O–H groups in total.